The Labute approximate surface area is 141 Å². The zero-order valence-corrected chi connectivity index (χ0v) is 14.1. The molecule has 0 bridgehead atoms. The molecule has 1 aromatic rings. The molecule has 122 valence electrons. The van der Waals surface area contributed by atoms with E-state index < -0.39 is 0 Å². The Hall–Kier alpha value is -2.75. The molecule has 0 saturated heterocycles. The van der Waals surface area contributed by atoms with E-state index in [4.69, 9.17) is 0 Å². The van der Waals surface area contributed by atoms with Crippen molar-refractivity contribution in [2.75, 3.05) is 20.6 Å². The predicted molar refractivity (Wildman–Crippen MR) is 93.8 cm³/mol. The fourth-order valence-electron chi connectivity index (χ4n) is 3.84. The number of fused-ring (bicyclic) bond motifs is 2. The largest absolute Gasteiger partial charge is 0.508 e. The van der Waals surface area contributed by atoms with Gasteiger partial charge in [0.2, 0.25) is 0 Å². The standard InChI is InChI=1S/C20H20N2O2/c1-12-4-9-17-18(19(12)24)16-10-14(11-21(2)20(16)22(17)3)13-5-7-15(23)8-6-13/h4-10,18,23H,11H2,1-3H3. The average Bonchev–Trinajstić information content (AvgIpc) is 2.85. The summed E-state index contributed by atoms with van der Waals surface area (Å²) in [5.41, 5.74) is 5.15. The summed E-state index contributed by atoms with van der Waals surface area (Å²) in [4.78, 5) is 17.1. The van der Waals surface area contributed by atoms with Gasteiger partial charge in [0.05, 0.1) is 5.92 Å². The minimum Gasteiger partial charge on any atom is -0.508 e. The fraction of sp³-hybridized carbons (Fsp3) is 0.250. The van der Waals surface area contributed by atoms with Crippen LogP contribution < -0.4 is 0 Å². The Balaban J connectivity index is 1.82. The van der Waals surface area contributed by atoms with Crippen molar-refractivity contribution in [1.82, 2.24) is 9.80 Å². The molecular weight excluding hydrogens is 300 g/mol. The van der Waals surface area contributed by atoms with E-state index in [9.17, 15) is 9.90 Å². The molecule has 2 heterocycles. The van der Waals surface area contributed by atoms with E-state index in [0.29, 0.717) is 0 Å². The summed E-state index contributed by atoms with van der Waals surface area (Å²) >= 11 is 0. The molecule has 3 aliphatic rings. The van der Waals surface area contributed by atoms with Gasteiger partial charge in [-0.3, -0.25) is 4.79 Å². The molecule has 1 atom stereocenters. The van der Waals surface area contributed by atoms with Gasteiger partial charge < -0.3 is 14.9 Å². The molecule has 1 aromatic carbocycles. The number of likely N-dealkylation sites (N-methyl/N-ethyl adjacent to an activating group) is 1. The number of phenolic OH excluding ortho intramolecular Hbond substituents is 1. The molecule has 2 aliphatic heterocycles. The van der Waals surface area contributed by atoms with Gasteiger partial charge in [0, 0.05) is 31.9 Å². The monoisotopic (exact) mass is 320 g/mol. The maximum atomic E-state index is 12.8. The van der Waals surface area contributed by atoms with Crippen molar-refractivity contribution < 1.29 is 9.90 Å². The zero-order valence-electron chi connectivity index (χ0n) is 14.1. The lowest BCUT2D eigenvalue weighted by Gasteiger charge is -2.31. The molecule has 0 spiro atoms. The number of Topliss-reactive ketones (excluding diaryl/α,β-unsaturated/α-hetero) is 1. The summed E-state index contributed by atoms with van der Waals surface area (Å²) in [6, 6.07) is 7.24. The van der Waals surface area contributed by atoms with E-state index in [-0.39, 0.29) is 17.5 Å². The van der Waals surface area contributed by atoms with Crippen molar-refractivity contribution >= 4 is 11.4 Å². The van der Waals surface area contributed by atoms with Gasteiger partial charge in [-0.15, -0.1) is 0 Å². The SMILES string of the molecule is CC1=CC=C2C(C1=O)C1=C(N(C)CC(c3ccc(O)cc3)=C1)N2C. The van der Waals surface area contributed by atoms with Crippen LogP contribution in [0.4, 0.5) is 0 Å². The average molecular weight is 320 g/mol. The zero-order chi connectivity index (χ0) is 17.0. The third-order valence-electron chi connectivity index (χ3n) is 5.06. The highest BCUT2D eigenvalue weighted by Gasteiger charge is 2.42. The molecular formula is C20H20N2O2. The highest BCUT2D eigenvalue weighted by molar-refractivity contribution is 6.03. The number of carbonyl (C=O) groups excluding carboxylic acids is 1. The second-order valence-electron chi connectivity index (χ2n) is 6.65. The van der Waals surface area contributed by atoms with Crippen LogP contribution in [0.5, 0.6) is 5.75 Å². The number of benzene rings is 1. The number of hydrogen-bond donors (Lipinski definition) is 1. The van der Waals surface area contributed by atoms with Crippen LogP contribution in [0.25, 0.3) is 5.57 Å². The molecule has 0 amide bonds. The first-order valence-electron chi connectivity index (χ1n) is 8.09. The molecule has 1 aliphatic carbocycles. The Morgan fingerprint density at radius 1 is 1.12 bits per heavy atom. The number of phenols is 1. The van der Waals surface area contributed by atoms with E-state index >= 15 is 0 Å². The van der Waals surface area contributed by atoms with Crippen LogP contribution in [0.2, 0.25) is 0 Å². The van der Waals surface area contributed by atoms with Crippen molar-refractivity contribution in [1.29, 1.82) is 0 Å². The van der Waals surface area contributed by atoms with Gasteiger partial charge in [0.25, 0.3) is 0 Å². The Kier molecular flexibility index (Phi) is 3.17. The summed E-state index contributed by atoms with van der Waals surface area (Å²) < 4.78 is 0. The van der Waals surface area contributed by atoms with Gasteiger partial charge >= 0.3 is 0 Å². The lowest BCUT2D eigenvalue weighted by atomic mass is 9.84. The van der Waals surface area contributed by atoms with Gasteiger partial charge in [-0.2, -0.15) is 0 Å². The highest BCUT2D eigenvalue weighted by Crippen LogP contribution is 2.44. The second kappa shape index (κ2) is 5.13. The smallest absolute Gasteiger partial charge is 0.172 e. The topological polar surface area (TPSA) is 43.8 Å². The van der Waals surface area contributed by atoms with Gasteiger partial charge in [-0.25, -0.2) is 0 Å². The lowest BCUT2D eigenvalue weighted by molar-refractivity contribution is -0.117. The highest BCUT2D eigenvalue weighted by atomic mass is 16.3. The number of carbonyl (C=O) groups is 1. The molecule has 0 saturated carbocycles. The van der Waals surface area contributed by atoms with Gasteiger partial charge in [0.15, 0.2) is 5.78 Å². The Bertz CT molecular complexity index is 856. The quantitative estimate of drug-likeness (QED) is 0.864. The molecule has 1 N–H and O–H groups in total. The van der Waals surface area contributed by atoms with Crippen LogP contribution >= 0.6 is 0 Å². The van der Waals surface area contributed by atoms with Crippen molar-refractivity contribution in [2.45, 2.75) is 6.92 Å². The fourth-order valence-corrected chi connectivity index (χ4v) is 3.84. The number of nitrogens with zero attached hydrogens (tertiary/aromatic N) is 2. The molecule has 4 nitrogen and oxygen atoms in total. The number of rotatable bonds is 1. The van der Waals surface area contributed by atoms with E-state index in [2.05, 4.69) is 29.0 Å². The Morgan fingerprint density at radius 2 is 1.83 bits per heavy atom. The molecule has 0 aromatic heterocycles. The molecule has 4 rings (SSSR count). The van der Waals surface area contributed by atoms with Gasteiger partial charge in [-0.05, 0) is 47.9 Å². The van der Waals surface area contributed by atoms with Crippen LogP contribution in [0.15, 0.2) is 65.2 Å². The van der Waals surface area contributed by atoms with Crippen molar-refractivity contribution in [3.8, 4) is 5.75 Å². The van der Waals surface area contributed by atoms with E-state index in [1.807, 2.05) is 32.2 Å². The maximum Gasteiger partial charge on any atom is 0.172 e. The summed E-state index contributed by atoms with van der Waals surface area (Å²) in [6.45, 7) is 2.65. The first-order valence-corrected chi connectivity index (χ1v) is 8.09. The molecule has 24 heavy (non-hydrogen) atoms. The molecule has 0 fully saturated rings. The summed E-state index contributed by atoms with van der Waals surface area (Å²) in [5.74, 6) is 1.34. The van der Waals surface area contributed by atoms with Crippen molar-refractivity contribution in [3.63, 3.8) is 0 Å². The Morgan fingerprint density at radius 3 is 2.54 bits per heavy atom. The number of hydrogen-bond acceptors (Lipinski definition) is 4. The minimum absolute atomic E-state index is 0.181. The van der Waals surface area contributed by atoms with Crippen LogP contribution in [-0.4, -0.2) is 41.3 Å². The van der Waals surface area contributed by atoms with E-state index in [1.165, 1.54) is 0 Å². The first kappa shape index (κ1) is 14.8. The predicted octanol–water partition coefficient (Wildman–Crippen LogP) is 2.91. The van der Waals surface area contributed by atoms with Crippen LogP contribution in [-0.2, 0) is 4.79 Å². The lowest BCUT2D eigenvalue weighted by Crippen LogP contribution is -2.30. The maximum absolute atomic E-state index is 12.8. The number of aromatic hydroxyl groups is 1. The minimum atomic E-state index is -0.204. The number of allylic oxidation sites excluding steroid dienone is 5. The third kappa shape index (κ3) is 2.03. The van der Waals surface area contributed by atoms with Gasteiger partial charge in [0.1, 0.15) is 11.6 Å². The third-order valence-corrected chi connectivity index (χ3v) is 5.06. The van der Waals surface area contributed by atoms with Crippen molar-refractivity contribution in [2.24, 2.45) is 5.92 Å². The van der Waals surface area contributed by atoms with Crippen LogP contribution in [0.1, 0.15) is 12.5 Å². The van der Waals surface area contributed by atoms with Gasteiger partial charge in [-0.1, -0.05) is 18.2 Å². The number of ketones is 1. The summed E-state index contributed by atoms with van der Waals surface area (Å²) in [7, 11) is 4.08. The summed E-state index contributed by atoms with van der Waals surface area (Å²) in [6.07, 6.45) is 6.12. The van der Waals surface area contributed by atoms with E-state index in [0.717, 1.165) is 40.3 Å². The molecule has 4 heteroatoms. The van der Waals surface area contributed by atoms with Crippen LogP contribution in [0.3, 0.4) is 0 Å². The first-order chi connectivity index (χ1) is 11.5. The molecule has 0 radical (unpaired) electrons. The van der Waals surface area contributed by atoms with E-state index in [1.54, 1.807) is 12.1 Å². The van der Waals surface area contributed by atoms with Crippen molar-refractivity contribution in [3.05, 3.63) is 70.7 Å². The molecule has 1 unspecified atom stereocenters. The second-order valence-corrected chi connectivity index (χ2v) is 6.65. The normalized spacial score (nSPS) is 22.9. The van der Waals surface area contributed by atoms with Crippen LogP contribution in [0, 0.1) is 5.92 Å². The summed E-state index contributed by atoms with van der Waals surface area (Å²) in [5, 5.41) is 9.51.